The van der Waals surface area contributed by atoms with Gasteiger partial charge in [0.25, 0.3) is 0 Å². The predicted octanol–water partition coefficient (Wildman–Crippen LogP) is 3.84. The lowest BCUT2D eigenvalue weighted by Crippen LogP contribution is -2.49. The van der Waals surface area contributed by atoms with Gasteiger partial charge >= 0.3 is 5.56 Å². The van der Waals surface area contributed by atoms with Gasteiger partial charge in [0.05, 0.1) is 46.1 Å². The van der Waals surface area contributed by atoms with Gasteiger partial charge < -0.3 is 23.7 Å². The largest absolute Gasteiger partial charge is 0.486 e. The number of amides is 1. The van der Waals surface area contributed by atoms with E-state index in [1.807, 2.05) is 20.8 Å². The summed E-state index contributed by atoms with van der Waals surface area (Å²) in [6, 6.07) is 4.89. The molecule has 1 amide bonds. The molecule has 17 heteroatoms. The van der Waals surface area contributed by atoms with Gasteiger partial charge in [-0.25, -0.2) is 17.8 Å². The van der Waals surface area contributed by atoms with Crippen molar-refractivity contribution in [2.75, 3.05) is 36.3 Å². The Kier molecular flexibility index (Phi) is 11.5. The summed E-state index contributed by atoms with van der Waals surface area (Å²) in [6.45, 7) is 6.29. The highest BCUT2D eigenvalue weighted by molar-refractivity contribution is 8.15. The first-order chi connectivity index (χ1) is 22.8. The summed E-state index contributed by atoms with van der Waals surface area (Å²) in [6.07, 6.45) is 3.43. The van der Waals surface area contributed by atoms with Gasteiger partial charge in [-0.1, -0.05) is 54.4 Å². The molecule has 0 spiro atoms. The number of anilines is 1. The second kappa shape index (κ2) is 15.2. The lowest BCUT2D eigenvalue weighted by Gasteiger charge is -2.35. The van der Waals surface area contributed by atoms with E-state index in [-0.39, 0.29) is 73.0 Å². The molecule has 4 heterocycles. The number of carbonyl (C=O) groups is 3. The Labute approximate surface area is 292 Å². The predicted molar refractivity (Wildman–Crippen MR) is 184 cm³/mol. The summed E-state index contributed by atoms with van der Waals surface area (Å²) < 4.78 is 41.3. The summed E-state index contributed by atoms with van der Waals surface area (Å²) >= 11 is 12.8. The van der Waals surface area contributed by atoms with Crippen LogP contribution in [-0.4, -0.2) is 94.0 Å². The van der Waals surface area contributed by atoms with Crippen LogP contribution >= 0.6 is 35.0 Å². The van der Waals surface area contributed by atoms with E-state index in [4.69, 9.17) is 32.7 Å². The summed E-state index contributed by atoms with van der Waals surface area (Å²) in [4.78, 5) is 60.0. The van der Waals surface area contributed by atoms with Crippen LogP contribution in [0, 0.1) is 0 Å². The van der Waals surface area contributed by atoms with E-state index in [1.54, 1.807) is 23.1 Å². The fraction of sp³-hybridized carbons (Fsp3) is 0.516. The van der Waals surface area contributed by atoms with E-state index < -0.39 is 25.9 Å². The van der Waals surface area contributed by atoms with Crippen molar-refractivity contribution in [3.8, 4) is 5.75 Å². The molecule has 2 saturated heterocycles. The summed E-state index contributed by atoms with van der Waals surface area (Å²) in [5.74, 6) is -0.890. The molecule has 3 aromatic rings. The van der Waals surface area contributed by atoms with E-state index in [0.29, 0.717) is 59.6 Å². The normalized spacial score (nSPS) is 19.9. The number of morpholine rings is 1. The molecule has 1 aromatic carbocycles. The van der Waals surface area contributed by atoms with Gasteiger partial charge in [0, 0.05) is 19.6 Å². The molecular weight excluding hydrogens is 705 g/mol. The average Bonchev–Trinajstić information content (AvgIpc) is 3.57. The van der Waals surface area contributed by atoms with Crippen molar-refractivity contribution in [1.82, 2.24) is 18.9 Å². The number of hydrogen-bond donors (Lipinski definition) is 0. The van der Waals surface area contributed by atoms with Crippen molar-refractivity contribution in [3.05, 3.63) is 56.1 Å². The Morgan fingerprint density at radius 3 is 2.54 bits per heavy atom. The highest BCUT2D eigenvalue weighted by atomic mass is 35.5. The minimum Gasteiger partial charge on any atom is -0.486 e. The lowest BCUT2D eigenvalue weighted by atomic mass is 10.1. The molecule has 2 aliphatic heterocycles. The number of imidazole rings is 1. The molecule has 2 aliphatic rings. The molecule has 260 valence electrons. The Morgan fingerprint density at radius 1 is 1.19 bits per heavy atom. The standard InChI is InChI=1S/C31H37Cl2N5O8S2/c1-4-5-10-45-28-27(30(42)47-22(18-39)12-21-7-8-23(32)24(33)13-21)34-31-36(17-26(40)35-14-19(2)46-20(3)15-35)16-25(38(31)29(28)41)37-9-6-11-48(37,43)44/h7-8,13,16,18-20,22H,4-6,9-12,14-15,17H2,1-3H3/t19-,20-,22?/m0/s1. The second-order valence-electron chi connectivity index (χ2n) is 11.9. The molecular formula is C31H37Cl2N5O8S2. The van der Waals surface area contributed by atoms with Crippen LogP contribution in [0.25, 0.3) is 5.78 Å². The number of fused-ring (bicyclic) bond motifs is 1. The Bertz CT molecular complexity index is 1870. The third-order valence-electron chi connectivity index (χ3n) is 7.98. The number of benzene rings is 1. The number of rotatable bonds is 12. The maximum atomic E-state index is 14.2. The molecule has 13 nitrogen and oxygen atoms in total. The topological polar surface area (TPSA) is 150 Å². The number of unbranched alkanes of at least 4 members (excludes halogenated alkanes) is 1. The number of halogens is 2. The quantitative estimate of drug-likeness (QED) is 0.198. The molecule has 5 rings (SSSR count). The molecule has 0 saturated carbocycles. The Morgan fingerprint density at radius 2 is 1.92 bits per heavy atom. The van der Waals surface area contributed by atoms with Crippen molar-refractivity contribution in [3.63, 3.8) is 0 Å². The zero-order chi connectivity index (χ0) is 34.7. The number of ether oxygens (including phenoxy) is 2. The number of hydrogen-bond acceptors (Lipinski definition) is 10. The van der Waals surface area contributed by atoms with E-state index in [9.17, 15) is 27.6 Å². The second-order valence-corrected chi connectivity index (χ2v) is 15.9. The van der Waals surface area contributed by atoms with E-state index in [2.05, 4.69) is 4.98 Å². The highest BCUT2D eigenvalue weighted by Gasteiger charge is 2.35. The van der Waals surface area contributed by atoms with Crippen LogP contribution in [0.4, 0.5) is 5.82 Å². The first-order valence-electron chi connectivity index (χ1n) is 15.7. The molecule has 2 aromatic heterocycles. The van der Waals surface area contributed by atoms with Crippen LogP contribution in [0.2, 0.25) is 10.0 Å². The monoisotopic (exact) mass is 741 g/mol. The number of aromatic nitrogens is 3. The molecule has 3 atom stereocenters. The minimum atomic E-state index is -3.76. The van der Waals surface area contributed by atoms with Crippen LogP contribution in [0.5, 0.6) is 5.75 Å². The van der Waals surface area contributed by atoms with Gasteiger partial charge in [-0.15, -0.1) is 0 Å². The number of nitrogens with zero attached hydrogens (tertiary/aromatic N) is 5. The molecule has 0 bridgehead atoms. The van der Waals surface area contributed by atoms with Crippen molar-refractivity contribution >= 4 is 73.9 Å². The van der Waals surface area contributed by atoms with Crippen LogP contribution < -0.4 is 14.6 Å². The van der Waals surface area contributed by atoms with E-state index in [0.717, 1.165) is 15.1 Å². The Balaban J connectivity index is 1.59. The fourth-order valence-electron chi connectivity index (χ4n) is 5.76. The van der Waals surface area contributed by atoms with Crippen molar-refractivity contribution in [2.24, 2.45) is 0 Å². The van der Waals surface area contributed by atoms with Crippen LogP contribution in [-0.2, 0) is 37.3 Å². The zero-order valence-electron chi connectivity index (χ0n) is 26.8. The van der Waals surface area contributed by atoms with E-state index >= 15 is 0 Å². The zero-order valence-corrected chi connectivity index (χ0v) is 29.9. The maximum Gasteiger partial charge on any atom is 0.303 e. The van der Waals surface area contributed by atoms with Gasteiger partial charge in [-0.2, -0.15) is 0 Å². The number of carbonyl (C=O) groups excluding carboxylic acids is 3. The highest BCUT2D eigenvalue weighted by Crippen LogP contribution is 2.30. The van der Waals surface area contributed by atoms with Crippen LogP contribution in [0.15, 0.2) is 29.2 Å². The third kappa shape index (κ3) is 7.85. The van der Waals surface area contributed by atoms with Crippen LogP contribution in [0.1, 0.15) is 56.1 Å². The van der Waals surface area contributed by atoms with Crippen LogP contribution in [0.3, 0.4) is 0 Å². The van der Waals surface area contributed by atoms with Gasteiger partial charge in [-0.05, 0) is 50.8 Å². The van der Waals surface area contributed by atoms with Crippen molar-refractivity contribution in [1.29, 1.82) is 0 Å². The third-order valence-corrected chi connectivity index (χ3v) is 11.6. The summed E-state index contributed by atoms with van der Waals surface area (Å²) in [5.41, 5.74) is -0.470. The first-order valence-corrected chi connectivity index (χ1v) is 18.9. The number of aldehydes is 1. The summed E-state index contributed by atoms with van der Waals surface area (Å²) in [5, 5.41) is -0.932. The van der Waals surface area contributed by atoms with Gasteiger partial charge in [0.15, 0.2) is 5.69 Å². The molecule has 1 unspecified atom stereocenters. The van der Waals surface area contributed by atoms with Crippen molar-refractivity contribution in [2.45, 2.75) is 70.5 Å². The van der Waals surface area contributed by atoms with Crippen molar-refractivity contribution < 1.29 is 32.3 Å². The SMILES string of the molecule is CCCCOc1c(C(=O)SC(C=O)Cc2ccc(Cl)c(Cl)c2)nc2n(CC(=O)N3C[C@H](C)O[C@@H](C)C3)cc(N3CCCS3(=O)=O)n2c1=O. The molecule has 0 radical (unpaired) electrons. The molecule has 0 aliphatic carbocycles. The smallest absolute Gasteiger partial charge is 0.303 e. The van der Waals surface area contributed by atoms with E-state index in [1.165, 1.54) is 10.8 Å². The van der Waals surface area contributed by atoms with Gasteiger partial charge in [0.2, 0.25) is 32.6 Å². The number of thioether (sulfide) groups is 1. The van der Waals surface area contributed by atoms with Gasteiger partial charge in [0.1, 0.15) is 18.6 Å². The summed E-state index contributed by atoms with van der Waals surface area (Å²) in [7, 11) is -3.76. The molecule has 0 N–H and O–H groups in total. The molecule has 48 heavy (non-hydrogen) atoms. The average molecular weight is 743 g/mol. The fourth-order valence-corrected chi connectivity index (χ4v) is 8.47. The minimum absolute atomic E-state index is 0.00566. The lowest BCUT2D eigenvalue weighted by molar-refractivity contribution is -0.143. The molecule has 2 fully saturated rings. The number of sulfonamides is 1. The van der Waals surface area contributed by atoms with Gasteiger partial charge in [-0.3, -0.25) is 18.7 Å². The first kappa shape index (κ1) is 36.2. The maximum absolute atomic E-state index is 14.2. The Hall–Kier alpha value is -3.11.